The van der Waals surface area contributed by atoms with Gasteiger partial charge >= 0.3 is 0 Å². The number of ether oxygens (including phenoxy) is 2. The van der Waals surface area contributed by atoms with E-state index in [1.165, 1.54) is 32.1 Å². The maximum absolute atomic E-state index is 5.47. The molecule has 3 nitrogen and oxygen atoms in total. The van der Waals surface area contributed by atoms with Crippen molar-refractivity contribution in [1.29, 1.82) is 0 Å². The lowest BCUT2D eigenvalue weighted by Gasteiger charge is -2.23. The van der Waals surface area contributed by atoms with Crippen molar-refractivity contribution in [3.63, 3.8) is 0 Å². The van der Waals surface area contributed by atoms with E-state index in [2.05, 4.69) is 5.32 Å². The second-order valence-corrected chi connectivity index (χ2v) is 4.75. The fraction of sp³-hybridized carbons (Fsp3) is 1.00. The highest BCUT2D eigenvalue weighted by molar-refractivity contribution is 4.69. The van der Waals surface area contributed by atoms with Crippen LogP contribution in [-0.4, -0.2) is 32.6 Å². The Morgan fingerprint density at radius 3 is 2.73 bits per heavy atom. The Morgan fingerprint density at radius 2 is 2.00 bits per heavy atom. The van der Waals surface area contributed by atoms with Crippen LogP contribution in [-0.2, 0) is 9.47 Å². The summed E-state index contributed by atoms with van der Waals surface area (Å²) in [6, 6.07) is 0. The van der Waals surface area contributed by atoms with Gasteiger partial charge in [0.25, 0.3) is 0 Å². The van der Waals surface area contributed by atoms with E-state index in [9.17, 15) is 0 Å². The van der Waals surface area contributed by atoms with Crippen molar-refractivity contribution in [3.8, 4) is 0 Å². The zero-order valence-corrected chi connectivity index (χ0v) is 9.54. The molecule has 0 aromatic heterocycles. The normalized spacial score (nSPS) is 28.4. The molecule has 2 aliphatic rings. The van der Waals surface area contributed by atoms with Crippen LogP contribution in [0, 0.1) is 5.92 Å². The van der Waals surface area contributed by atoms with Crippen LogP contribution in [0.25, 0.3) is 0 Å². The van der Waals surface area contributed by atoms with Gasteiger partial charge in [-0.15, -0.1) is 0 Å². The Labute approximate surface area is 92.5 Å². The van der Waals surface area contributed by atoms with Crippen molar-refractivity contribution in [2.75, 3.05) is 26.5 Å². The van der Waals surface area contributed by atoms with E-state index in [1.807, 2.05) is 0 Å². The van der Waals surface area contributed by atoms with Gasteiger partial charge in [-0.1, -0.05) is 25.7 Å². The maximum Gasteiger partial charge on any atom is 0.147 e. The maximum atomic E-state index is 5.47. The zero-order chi connectivity index (χ0) is 10.3. The average molecular weight is 213 g/mol. The topological polar surface area (TPSA) is 30.5 Å². The summed E-state index contributed by atoms with van der Waals surface area (Å²) in [7, 11) is 0. The van der Waals surface area contributed by atoms with Gasteiger partial charge in [-0.25, -0.2) is 0 Å². The van der Waals surface area contributed by atoms with Gasteiger partial charge < -0.3 is 14.8 Å². The third-order valence-electron chi connectivity index (χ3n) is 3.55. The van der Waals surface area contributed by atoms with E-state index in [4.69, 9.17) is 9.47 Å². The molecule has 1 atom stereocenters. The van der Waals surface area contributed by atoms with Crippen LogP contribution < -0.4 is 5.32 Å². The van der Waals surface area contributed by atoms with E-state index >= 15 is 0 Å². The molecule has 0 spiro atoms. The van der Waals surface area contributed by atoms with E-state index in [0.717, 1.165) is 32.0 Å². The van der Waals surface area contributed by atoms with Crippen LogP contribution in [0.4, 0.5) is 0 Å². The molecule has 88 valence electrons. The monoisotopic (exact) mass is 213 g/mol. The van der Waals surface area contributed by atoms with Crippen molar-refractivity contribution in [1.82, 2.24) is 5.32 Å². The zero-order valence-electron chi connectivity index (χ0n) is 9.54. The summed E-state index contributed by atoms with van der Waals surface area (Å²) in [5, 5.41) is 3.50. The van der Waals surface area contributed by atoms with Crippen molar-refractivity contribution in [3.05, 3.63) is 0 Å². The smallest absolute Gasteiger partial charge is 0.147 e. The van der Waals surface area contributed by atoms with Crippen LogP contribution in [0.5, 0.6) is 0 Å². The second kappa shape index (κ2) is 6.46. The second-order valence-electron chi connectivity index (χ2n) is 4.75. The predicted molar refractivity (Wildman–Crippen MR) is 59.8 cm³/mol. The van der Waals surface area contributed by atoms with Crippen molar-refractivity contribution >= 4 is 0 Å². The van der Waals surface area contributed by atoms with Crippen LogP contribution in [0.2, 0.25) is 0 Å². The molecule has 0 radical (unpaired) electrons. The number of hydrogen-bond acceptors (Lipinski definition) is 3. The van der Waals surface area contributed by atoms with Crippen molar-refractivity contribution < 1.29 is 9.47 Å². The molecule has 1 aliphatic heterocycles. The molecule has 0 aromatic rings. The highest BCUT2D eigenvalue weighted by Gasteiger charge is 2.16. The predicted octanol–water partition coefficient (Wildman–Crippen LogP) is 1.92. The van der Waals surface area contributed by atoms with Gasteiger partial charge in [0.05, 0.1) is 12.7 Å². The molecule has 1 saturated carbocycles. The molecule has 15 heavy (non-hydrogen) atoms. The lowest BCUT2D eigenvalue weighted by molar-refractivity contribution is -0.137. The van der Waals surface area contributed by atoms with Gasteiger partial charge in [0.2, 0.25) is 0 Å². The highest BCUT2D eigenvalue weighted by Crippen LogP contribution is 2.26. The van der Waals surface area contributed by atoms with Crippen LogP contribution >= 0.6 is 0 Å². The van der Waals surface area contributed by atoms with Crippen molar-refractivity contribution in [2.24, 2.45) is 5.92 Å². The van der Waals surface area contributed by atoms with Gasteiger partial charge in [-0.3, -0.25) is 0 Å². The van der Waals surface area contributed by atoms with Gasteiger partial charge in [-0.05, 0) is 25.3 Å². The van der Waals surface area contributed by atoms with Crippen LogP contribution in [0.3, 0.4) is 0 Å². The Hall–Kier alpha value is -0.120. The minimum absolute atomic E-state index is 0.377. The minimum atomic E-state index is 0.377. The van der Waals surface area contributed by atoms with Gasteiger partial charge in [0, 0.05) is 6.54 Å². The summed E-state index contributed by atoms with van der Waals surface area (Å²) in [4.78, 5) is 0. The van der Waals surface area contributed by atoms with Gasteiger partial charge in [0.15, 0.2) is 0 Å². The van der Waals surface area contributed by atoms with E-state index in [1.54, 1.807) is 0 Å². The molecule has 0 aromatic carbocycles. The van der Waals surface area contributed by atoms with E-state index in [0.29, 0.717) is 12.9 Å². The first-order valence-electron chi connectivity index (χ1n) is 6.35. The SMILES string of the molecule is C1CCC(CCNCC2CCOCO2)C1. The minimum Gasteiger partial charge on any atom is -0.355 e. The number of hydrogen-bond donors (Lipinski definition) is 1. The number of rotatable bonds is 5. The van der Waals surface area contributed by atoms with E-state index < -0.39 is 0 Å². The largest absolute Gasteiger partial charge is 0.355 e. The molecule has 1 aliphatic carbocycles. The standard InChI is InChI=1S/C12H23NO2/c1-2-4-11(3-1)5-7-13-9-12-6-8-14-10-15-12/h11-13H,1-10H2. The first-order chi connectivity index (χ1) is 7.45. The lowest BCUT2D eigenvalue weighted by atomic mass is 10.0. The molecular weight excluding hydrogens is 190 g/mol. The molecule has 3 heteroatoms. The van der Waals surface area contributed by atoms with Crippen LogP contribution in [0.15, 0.2) is 0 Å². The fourth-order valence-electron chi connectivity index (χ4n) is 2.53. The molecule has 0 amide bonds. The average Bonchev–Trinajstić information content (AvgIpc) is 2.79. The first-order valence-corrected chi connectivity index (χ1v) is 6.35. The molecule has 1 unspecified atom stereocenters. The molecular formula is C12H23NO2. The summed E-state index contributed by atoms with van der Waals surface area (Å²) in [6.07, 6.45) is 8.58. The molecule has 1 N–H and O–H groups in total. The highest BCUT2D eigenvalue weighted by atomic mass is 16.7. The Kier molecular flexibility index (Phi) is 4.90. The summed E-state index contributed by atoms with van der Waals surface area (Å²) >= 11 is 0. The third kappa shape index (κ3) is 4.09. The molecule has 1 saturated heterocycles. The van der Waals surface area contributed by atoms with Crippen LogP contribution in [0.1, 0.15) is 38.5 Å². The molecule has 2 fully saturated rings. The van der Waals surface area contributed by atoms with Gasteiger partial charge in [0.1, 0.15) is 6.79 Å². The molecule has 1 heterocycles. The Bertz CT molecular complexity index is 163. The first kappa shape index (κ1) is 11.4. The molecule has 2 rings (SSSR count). The lowest BCUT2D eigenvalue weighted by Crippen LogP contribution is -2.34. The summed E-state index contributed by atoms with van der Waals surface area (Å²) in [5.41, 5.74) is 0. The summed E-state index contributed by atoms with van der Waals surface area (Å²) < 4.78 is 10.6. The Morgan fingerprint density at radius 1 is 1.13 bits per heavy atom. The van der Waals surface area contributed by atoms with Gasteiger partial charge in [-0.2, -0.15) is 0 Å². The summed E-state index contributed by atoms with van der Waals surface area (Å²) in [5.74, 6) is 0.994. The Balaban J connectivity index is 1.47. The molecule has 0 bridgehead atoms. The third-order valence-corrected chi connectivity index (χ3v) is 3.55. The van der Waals surface area contributed by atoms with Crippen molar-refractivity contribution in [2.45, 2.75) is 44.6 Å². The number of nitrogens with one attached hydrogen (secondary N) is 1. The quantitative estimate of drug-likeness (QED) is 0.708. The van der Waals surface area contributed by atoms with E-state index in [-0.39, 0.29) is 0 Å². The summed E-state index contributed by atoms with van der Waals surface area (Å²) in [6.45, 7) is 3.49. The fourth-order valence-corrected chi connectivity index (χ4v) is 2.53.